The Balaban J connectivity index is 1.90. The molecule has 2 aromatic rings. The van der Waals surface area contributed by atoms with Gasteiger partial charge < -0.3 is 5.32 Å². The van der Waals surface area contributed by atoms with Crippen molar-refractivity contribution in [1.29, 1.82) is 0 Å². The molecular weight excluding hydrogens is 358 g/mol. The van der Waals surface area contributed by atoms with E-state index >= 15 is 0 Å². The molecule has 2 aromatic carbocycles. The number of nitrogens with one attached hydrogen (secondary N) is 1. The standard InChI is InChI=1S/C21H23N3O4/c1-13(2)15-8-10-17(11-9-15)21(4)19(25)23(20(26)22-21)12-16-6-5-7-18(14(16)3)24(27)28/h5-11,13H,12H2,1-4H3,(H,22,26)/t21-/m1/s1. The van der Waals surface area contributed by atoms with E-state index in [1.807, 2.05) is 24.3 Å². The van der Waals surface area contributed by atoms with E-state index in [-0.39, 0.29) is 18.1 Å². The smallest absolute Gasteiger partial charge is 0.319 e. The molecule has 7 heteroatoms. The van der Waals surface area contributed by atoms with Gasteiger partial charge in [0.2, 0.25) is 0 Å². The predicted octanol–water partition coefficient (Wildman–Crippen LogP) is 3.99. The van der Waals surface area contributed by atoms with E-state index in [0.29, 0.717) is 22.6 Å². The number of nitro benzene ring substituents is 1. The number of amides is 3. The van der Waals surface area contributed by atoms with Crippen molar-refractivity contribution in [3.05, 3.63) is 74.8 Å². The van der Waals surface area contributed by atoms with E-state index in [0.717, 1.165) is 10.5 Å². The number of nitro groups is 1. The summed E-state index contributed by atoms with van der Waals surface area (Å²) in [5, 5.41) is 13.9. The first-order valence-electron chi connectivity index (χ1n) is 9.12. The maximum absolute atomic E-state index is 13.1. The third kappa shape index (κ3) is 3.24. The molecule has 1 fully saturated rings. The van der Waals surface area contributed by atoms with Gasteiger partial charge in [0.25, 0.3) is 11.6 Å². The van der Waals surface area contributed by atoms with Gasteiger partial charge in [0.15, 0.2) is 0 Å². The van der Waals surface area contributed by atoms with Crippen LogP contribution in [0.1, 0.15) is 48.9 Å². The van der Waals surface area contributed by atoms with Crippen molar-refractivity contribution < 1.29 is 14.5 Å². The summed E-state index contributed by atoms with van der Waals surface area (Å²) in [6, 6.07) is 11.8. The topological polar surface area (TPSA) is 92.6 Å². The Morgan fingerprint density at radius 1 is 1.14 bits per heavy atom. The minimum atomic E-state index is -1.17. The average Bonchev–Trinajstić information content (AvgIpc) is 2.87. The number of imide groups is 1. The van der Waals surface area contributed by atoms with Crippen LogP contribution in [0.2, 0.25) is 0 Å². The Labute approximate surface area is 163 Å². The summed E-state index contributed by atoms with van der Waals surface area (Å²) in [6.45, 7) is 7.45. The molecule has 0 radical (unpaired) electrons. The summed E-state index contributed by atoms with van der Waals surface area (Å²) in [4.78, 5) is 37.4. The van der Waals surface area contributed by atoms with Crippen molar-refractivity contribution in [2.45, 2.75) is 45.7 Å². The fourth-order valence-electron chi connectivity index (χ4n) is 3.45. The van der Waals surface area contributed by atoms with Gasteiger partial charge in [-0.3, -0.25) is 19.8 Å². The molecule has 7 nitrogen and oxygen atoms in total. The first-order valence-corrected chi connectivity index (χ1v) is 9.12. The van der Waals surface area contributed by atoms with Gasteiger partial charge in [0.1, 0.15) is 5.54 Å². The Morgan fingerprint density at radius 3 is 2.36 bits per heavy atom. The summed E-state index contributed by atoms with van der Waals surface area (Å²) in [7, 11) is 0. The first-order chi connectivity index (χ1) is 13.1. The molecule has 0 aromatic heterocycles. The number of hydrogen-bond donors (Lipinski definition) is 1. The predicted molar refractivity (Wildman–Crippen MR) is 105 cm³/mol. The Bertz CT molecular complexity index is 953. The van der Waals surface area contributed by atoms with E-state index < -0.39 is 16.5 Å². The maximum Gasteiger partial charge on any atom is 0.325 e. The molecule has 0 aliphatic carbocycles. The second-order valence-corrected chi connectivity index (χ2v) is 7.54. The lowest BCUT2D eigenvalue weighted by Gasteiger charge is -2.23. The van der Waals surface area contributed by atoms with Crippen molar-refractivity contribution in [3.8, 4) is 0 Å². The molecule has 1 heterocycles. The van der Waals surface area contributed by atoms with Gasteiger partial charge in [0.05, 0.1) is 11.5 Å². The molecule has 1 aliphatic heterocycles. The largest absolute Gasteiger partial charge is 0.325 e. The lowest BCUT2D eigenvalue weighted by atomic mass is 9.90. The van der Waals surface area contributed by atoms with Crippen molar-refractivity contribution in [2.75, 3.05) is 0 Å². The van der Waals surface area contributed by atoms with Crippen LogP contribution >= 0.6 is 0 Å². The Hall–Kier alpha value is -3.22. The zero-order chi connectivity index (χ0) is 20.6. The molecule has 1 atom stereocenters. The van der Waals surface area contributed by atoms with Gasteiger partial charge in [-0.25, -0.2) is 4.79 Å². The van der Waals surface area contributed by atoms with Gasteiger partial charge in [-0.15, -0.1) is 0 Å². The summed E-state index contributed by atoms with van der Waals surface area (Å²) >= 11 is 0. The lowest BCUT2D eigenvalue weighted by Crippen LogP contribution is -2.40. The first kappa shape index (κ1) is 19.5. The molecule has 0 unspecified atom stereocenters. The number of carbonyl (C=O) groups excluding carboxylic acids is 2. The quantitative estimate of drug-likeness (QED) is 0.481. The zero-order valence-corrected chi connectivity index (χ0v) is 16.4. The normalized spacial score (nSPS) is 19.2. The summed E-state index contributed by atoms with van der Waals surface area (Å²) < 4.78 is 0. The third-order valence-electron chi connectivity index (χ3n) is 5.37. The van der Waals surface area contributed by atoms with Crippen LogP contribution in [0, 0.1) is 17.0 Å². The molecule has 1 aliphatic rings. The van der Waals surface area contributed by atoms with Crippen LogP contribution in [0.25, 0.3) is 0 Å². The molecule has 1 saturated heterocycles. The van der Waals surface area contributed by atoms with Gasteiger partial charge in [0, 0.05) is 11.6 Å². The summed E-state index contributed by atoms with van der Waals surface area (Å²) in [5.41, 5.74) is 1.67. The highest BCUT2D eigenvalue weighted by Crippen LogP contribution is 2.32. The monoisotopic (exact) mass is 381 g/mol. The number of benzene rings is 2. The van der Waals surface area contributed by atoms with E-state index in [4.69, 9.17) is 0 Å². The Kier molecular flexibility index (Phi) is 4.93. The summed E-state index contributed by atoms with van der Waals surface area (Å²) in [5.74, 6) is -0.00947. The molecule has 146 valence electrons. The second-order valence-electron chi connectivity index (χ2n) is 7.54. The molecule has 28 heavy (non-hydrogen) atoms. The highest BCUT2D eigenvalue weighted by Gasteiger charge is 2.49. The molecule has 3 amide bonds. The van der Waals surface area contributed by atoms with Crippen LogP contribution < -0.4 is 5.32 Å². The van der Waals surface area contributed by atoms with Crippen LogP contribution in [0.5, 0.6) is 0 Å². The lowest BCUT2D eigenvalue weighted by molar-refractivity contribution is -0.385. The van der Waals surface area contributed by atoms with Crippen molar-refractivity contribution >= 4 is 17.6 Å². The molecule has 1 N–H and O–H groups in total. The van der Waals surface area contributed by atoms with E-state index in [2.05, 4.69) is 19.2 Å². The van der Waals surface area contributed by atoms with Gasteiger partial charge in [-0.1, -0.05) is 50.2 Å². The highest BCUT2D eigenvalue weighted by molar-refractivity contribution is 6.07. The molecule has 0 spiro atoms. The molecule has 0 bridgehead atoms. The number of rotatable bonds is 5. The minimum absolute atomic E-state index is 0.0160. The molecule has 3 rings (SSSR count). The fraction of sp³-hybridized carbons (Fsp3) is 0.333. The third-order valence-corrected chi connectivity index (χ3v) is 5.37. The van der Waals surface area contributed by atoms with Crippen molar-refractivity contribution in [1.82, 2.24) is 10.2 Å². The van der Waals surface area contributed by atoms with Crippen LogP contribution in [0.3, 0.4) is 0 Å². The fourth-order valence-corrected chi connectivity index (χ4v) is 3.45. The van der Waals surface area contributed by atoms with Gasteiger partial charge in [-0.05, 0) is 36.5 Å². The number of hydrogen-bond acceptors (Lipinski definition) is 4. The average molecular weight is 381 g/mol. The number of carbonyl (C=O) groups is 2. The molecule has 0 saturated carbocycles. The van der Waals surface area contributed by atoms with E-state index in [1.54, 1.807) is 26.0 Å². The zero-order valence-electron chi connectivity index (χ0n) is 16.4. The minimum Gasteiger partial charge on any atom is -0.319 e. The maximum atomic E-state index is 13.1. The van der Waals surface area contributed by atoms with E-state index in [1.165, 1.54) is 6.07 Å². The van der Waals surface area contributed by atoms with Crippen molar-refractivity contribution in [2.24, 2.45) is 0 Å². The second kappa shape index (κ2) is 7.07. The van der Waals surface area contributed by atoms with Crippen LogP contribution in [-0.4, -0.2) is 21.8 Å². The van der Waals surface area contributed by atoms with Crippen LogP contribution in [-0.2, 0) is 16.9 Å². The summed E-state index contributed by atoms with van der Waals surface area (Å²) in [6.07, 6.45) is 0. The Morgan fingerprint density at radius 2 is 1.79 bits per heavy atom. The van der Waals surface area contributed by atoms with Gasteiger partial charge >= 0.3 is 6.03 Å². The SMILES string of the molecule is Cc1c(CN2C(=O)N[C@](C)(c3ccc(C(C)C)cc3)C2=O)cccc1[N+](=O)[O-]. The van der Waals surface area contributed by atoms with Crippen molar-refractivity contribution in [3.63, 3.8) is 0 Å². The van der Waals surface area contributed by atoms with Crippen LogP contribution in [0.4, 0.5) is 10.5 Å². The number of urea groups is 1. The van der Waals surface area contributed by atoms with Gasteiger partial charge in [-0.2, -0.15) is 0 Å². The highest BCUT2D eigenvalue weighted by atomic mass is 16.6. The molecular formula is C21H23N3O4. The van der Waals surface area contributed by atoms with Crippen LogP contribution in [0.15, 0.2) is 42.5 Å². The number of nitrogens with zero attached hydrogens (tertiary/aromatic N) is 2. The van der Waals surface area contributed by atoms with E-state index in [9.17, 15) is 19.7 Å².